The first kappa shape index (κ1) is 13.5. The standard InChI is InChI=1S/C11H8INO3S2/c1-5-3-18-9(11(15)16)8(5)13-10(14)6-2-7(12)17-4-6/h2-4H,1H3,(H,13,14)(H,15,16). The van der Waals surface area contributed by atoms with Gasteiger partial charge in [0.1, 0.15) is 4.88 Å². The fourth-order valence-corrected chi connectivity index (χ4v) is 3.54. The number of amides is 1. The van der Waals surface area contributed by atoms with Gasteiger partial charge in [-0.25, -0.2) is 4.79 Å². The van der Waals surface area contributed by atoms with Crippen molar-refractivity contribution in [2.24, 2.45) is 0 Å². The van der Waals surface area contributed by atoms with E-state index in [0.29, 0.717) is 11.3 Å². The van der Waals surface area contributed by atoms with Gasteiger partial charge in [0.2, 0.25) is 0 Å². The van der Waals surface area contributed by atoms with Crippen molar-refractivity contribution in [3.63, 3.8) is 0 Å². The number of anilines is 1. The molecular weight excluding hydrogens is 385 g/mol. The molecule has 0 saturated heterocycles. The number of halogens is 1. The minimum Gasteiger partial charge on any atom is -0.477 e. The number of rotatable bonds is 3. The molecule has 0 radical (unpaired) electrons. The summed E-state index contributed by atoms with van der Waals surface area (Å²) in [6, 6.07) is 1.77. The van der Waals surface area contributed by atoms with Crippen LogP contribution in [0.1, 0.15) is 25.6 Å². The van der Waals surface area contributed by atoms with E-state index in [0.717, 1.165) is 19.8 Å². The summed E-state index contributed by atoms with van der Waals surface area (Å²) in [5.74, 6) is -1.30. The molecule has 0 fully saturated rings. The SMILES string of the molecule is Cc1csc(C(=O)O)c1NC(=O)c1csc(I)c1. The lowest BCUT2D eigenvalue weighted by Crippen LogP contribution is -2.13. The lowest BCUT2D eigenvalue weighted by atomic mass is 10.2. The van der Waals surface area contributed by atoms with Crippen molar-refractivity contribution in [1.29, 1.82) is 0 Å². The lowest BCUT2D eigenvalue weighted by molar-refractivity contribution is 0.0703. The molecule has 4 nitrogen and oxygen atoms in total. The second-order valence-corrected chi connectivity index (χ2v) is 7.21. The van der Waals surface area contributed by atoms with E-state index in [1.54, 1.807) is 23.8 Å². The highest BCUT2D eigenvalue weighted by Crippen LogP contribution is 2.28. The molecule has 0 unspecified atom stereocenters. The van der Waals surface area contributed by atoms with Gasteiger partial charge in [-0.2, -0.15) is 0 Å². The Labute approximate surface area is 125 Å². The lowest BCUT2D eigenvalue weighted by Gasteiger charge is -2.04. The first-order valence-corrected chi connectivity index (χ1v) is 7.69. The molecular formula is C11H8INO3S2. The van der Waals surface area contributed by atoms with Gasteiger partial charge >= 0.3 is 5.97 Å². The second-order valence-electron chi connectivity index (χ2n) is 3.52. The van der Waals surface area contributed by atoms with E-state index in [1.807, 2.05) is 0 Å². The Kier molecular flexibility index (Phi) is 4.03. The highest BCUT2D eigenvalue weighted by molar-refractivity contribution is 14.1. The largest absolute Gasteiger partial charge is 0.477 e. The molecule has 0 aliphatic rings. The molecule has 0 aromatic carbocycles. The van der Waals surface area contributed by atoms with Crippen molar-refractivity contribution < 1.29 is 14.7 Å². The summed E-state index contributed by atoms with van der Waals surface area (Å²) in [4.78, 5) is 23.1. The molecule has 0 saturated carbocycles. The van der Waals surface area contributed by atoms with Gasteiger partial charge in [0.25, 0.3) is 5.91 Å². The van der Waals surface area contributed by atoms with E-state index in [1.165, 1.54) is 11.3 Å². The number of aromatic carboxylic acids is 1. The Morgan fingerprint density at radius 2 is 2.06 bits per heavy atom. The second kappa shape index (κ2) is 5.37. The summed E-state index contributed by atoms with van der Waals surface area (Å²) in [6.07, 6.45) is 0. The maximum Gasteiger partial charge on any atom is 0.348 e. The van der Waals surface area contributed by atoms with Crippen molar-refractivity contribution in [2.45, 2.75) is 6.92 Å². The number of carbonyl (C=O) groups is 2. The van der Waals surface area contributed by atoms with Crippen LogP contribution in [0.5, 0.6) is 0 Å². The normalized spacial score (nSPS) is 10.3. The number of carboxylic acid groups (broad SMARTS) is 1. The summed E-state index contributed by atoms with van der Waals surface area (Å²) >= 11 is 4.72. The molecule has 0 aliphatic carbocycles. The molecule has 18 heavy (non-hydrogen) atoms. The van der Waals surface area contributed by atoms with Crippen molar-refractivity contribution in [3.05, 3.63) is 35.7 Å². The average molecular weight is 393 g/mol. The van der Waals surface area contributed by atoms with E-state index < -0.39 is 5.97 Å². The maximum absolute atomic E-state index is 12.0. The minimum atomic E-state index is -1.02. The molecule has 2 aromatic rings. The van der Waals surface area contributed by atoms with Crippen LogP contribution in [0.15, 0.2) is 16.8 Å². The molecule has 94 valence electrons. The van der Waals surface area contributed by atoms with Gasteiger partial charge in [0.05, 0.1) is 14.1 Å². The number of carbonyl (C=O) groups excluding carboxylic acids is 1. The van der Waals surface area contributed by atoms with E-state index >= 15 is 0 Å². The molecule has 2 aromatic heterocycles. The smallest absolute Gasteiger partial charge is 0.348 e. The van der Waals surface area contributed by atoms with Crippen LogP contribution in [0.4, 0.5) is 5.69 Å². The van der Waals surface area contributed by atoms with Gasteiger partial charge in [-0.05, 0) is 46.5 Å². The summed E-state index contributed by atoms with van der Waals surface area (Å²) in [5, 5.41) is 15.2. The van der Waals surface area contributed by atoms with Crippen LogP contribution < -0.4 is 5.32 Å². The first-order valence-electron chi connectivity index (χ1n) is 4.86. The van der Waals surface area contributed by atoms with Gasteiger partial charge in [0, 0.05) is 5.38 Å². The molecule has 7 heteroatoms. The van der Waals surface area contributed by atoms with Crippen LogP contribution >= 0.6 is 45.3 Å². The average Bonchev–Trinajstić information content (AvgIpc) is 2.87. The summed E-state index contributed by atoms with van der Waals surface area (Å²) in [5.41, 5.74) is 1.70. The molecule has 0 spiro atoms. The predicted octanol–water partition coefficient (Wildman–Crippen LogP) is 3.67. The fraction of sp³-hybridized carbons (Fsp3) is 0.0909. The maximum atomic E-state index is 12.0. The summed E-state index contributed by atoms with van der Waals surface area (Å²) in [7, 11) is 0. The Bertz CT molecular complexity index is 618. The predicted molar refractivity (Wildman–Crippen MR) is 81.0 cm³/mol. The topological polar surface area (TPSA) is 66.4 Å². The first-order chi connectivity index (χ1) is 8.49. The summed E-state index contributed by atoms with van der Waals surface area (Å²) in [6.45, 7) is 1.77. The fourth-order valence-electron chi connectivity index (χ4n) is 1.37. The quantitative estimate of drug-likeness (QED) is 0.783. The van der Waals surface area contributed by atoms with Crippen LogP contribution in [0, 0.1) is 9.81 Å². The van der Waals surface area contributed by atoms with Gasteiger partial charge in [-0.1, -0.05) is 0 Å². The Balaban J connectivity index is 2.27. The van der Waals surface area contributed by atoms with E-state index in [2.05, 4.69) is 27.9 Å². The number of carboxylic acids is 1. The molecule has 2 heterocycles. The van der Waals surface area contributed by atoms with Crippen LogP contribution in [-0.4, -0.2) is 17.0 Å². The molecule has 2 rings (SSSR count). The van der Waals surface area contributed by atoms with Crippen LogP contribution in [0.2, 0.25) is 0 Å². The van der Waals surface area contributed by atoms with E-state index in [-0.39, 0.29) is 10.8 Å². The van der Waals surface area contributed by atoms with Crippen molar-refractivity contribution in [3.8, 4) is 0 Å². The zero-order valence-electron chi connectivity index (χ0n) is 9.19. The monoisotopic (exact) mass is 393 g/mol. The van der Waals surface area contributed by atoms with Gasteiger partial charge in [-0.15, -0.1) is 22.7 Å². The third-order valence-electron chi connectivity index (χ3n) is 2.24. The molecule has 1 amide bonds. The van der Waals surface area contributed by atoms with Gasteiger partial charge in [0.15, 0.2) is 0 Å². The highest BCUT2D eigenvalue weighted by atomic mass is 127. The Hall–Kier alpha value is -0.930. The summed E-state index contributed by atoms with van der Waals surface area (Å²) < 4.78 is 1.01. The molecule has 2 N–H and O–H groups in total. The van der Waals surface area contributed by atoms with Crippen molar-refractivity contribution >= 4 is 62.8 Å². The highest BCUT2D eigenvalue weighted by Gasteiger charge is 2.18. The number of hydrogen-bond donors (Lipinski definition) is 2. The zero-order chi connectivity index (χ0) is 13.3. The van der Waals surface area contributed by atoms with Crippen LogP contribution in [0.25, 0.3) is 0 Å². The Morgan fingerprint density at radius 3 is 2.61 bits per heavy atom. The number of thiophene rings is 2. The van der Waals surface area contributed by atoms with Crippen molar-refractivity contribution in [1.82, 2.24) is 0 Å². The van der Waals surface area contributed by atoms with E-state index in [4.69, 9.17) is 5.11 Å². The van der Waals surface area contributed by atoms with Gasteiger partial charge < -0.3 is 10.4 Å². The third-order valence-corrected chi connectivity index (χ3v) is 5.11. The number of hydrogen-bond acceptors (Lipinski definition) is 4. The number of aryl methyl sites for hydroxylation is 1. The minimum absolute atomic E-state index is 0.158. The van der Waals surface area contributed by atoms with Crippen LogP contribution in [-0.2, 0) is 0 Å². The Morgan fingerprint density at radius 1 is 1.33 bits per heavy atom. The molecule has 0 atom stereocenters. The molecule has 0 bridgehead atoms. The zero-order valence-corrected chi connectivity index (χ0v) is 13.0. The molecule has 0 aliphatic heterocycles. The van der Waals surface area contributed by atoms with Crippen LogP contribution in [0.3, 0.4) is 0 Å². The van der Waals surface area contributed by atoms with Gasteiger partial charge in [-0.3, -0.25) is 4.79 Å². The third kappa shape index (κ3) is 2.73. The number of nitrogens with one attached hydrogen (secondary N) is 1. The van der Waals surface area contributed by atoms with E-state index in [9.17, 15) is 9.59 Å². The van der Waals surface area contributed by atoms with Crippen molar-refractivity contribution in [2.75, 3.05) is 5.32 Å².